The van der Waals surface area contributed by atoms with Crippen LogP contribution in [0.5, 0.6) is 0 Å². The number of hydrogen-bond donors (Lipinski definition) is 0. The third-order valence-corrected chi connectivity index (χ3v) is 3.40. The van der Waals surface area contributed by atoms with Crippen LogP contribution in [0.4, 0.5) is 0 Å². The first-order chi connectivity index (χ1) is 9.23. The van der Waals surface area contributed by atoms with Gasteiger partial charge in [-0.05, 0) is 44.8 Å². The first-order valence-electron chi connectivity index (χ1n) is 7.30. The summed E-state index contributed by atoms with van der Waals surface area (Å²) in [5.74, 6) is 0. The van der Waals surface area contributed by atoms with Crippen molar-refractivity contribution < 1.29 is 8.68 Å². The topological polar surface area (TPSA) is 3.88 Å². The van der Waals surface area contributed by atoms with Crippen LogP contribution in [0.25, 0.3) is 11.3 Å². The van der Waals surface area contributed by atoms with Gasteiger partial charge in [0.25, 0.3) is 0 Å². The first kappa shape index (κ1) is 8.46. The van der Waals surface area contributed by atoms with E-state index in [9.17, 15) is 0 Å². The highest BCUT2D eigenvalue weighted by molar-refractivity contribution is 5.65. The molecule has 0 spiro atoms. The Morgan fingerprint density at radius 3 is 2.35 bits per heavy atom. The second-order valence-corrected chi connectivity index (χ2v) is 4.57. The summed E-state index contributed by atoms with van der Waals surface area (Å²) in [6, 6.07) is 8.17. The molecule has 2 rings (SSSR count). The van der Waals surface area contributed by atoms with Crippen molar-refractivity contribution in [1.82, 2.24) is 0 Å². The zero-order valence-electron chi connectivity index (χ0n) is 13.8. The Hall–Kier alpha value is -1.63. The van der Waals surface area contributed by atoms with Crippen LogP contribution in [0, 0.1) is 27.6 Å². The molecule has 0 amide bonds. The van der Waals surface area contributed by atoms with Gasteiger partial charge in [0.15, 0.2) is 6.20 Å². The lowest BCUT2D eigenvalue weighted by Gasteiger charge is -2.10. The molecule has 0 atom stereocenters. The molecule has 0 aliphatic rings. The van der Waals surface area contributed by atoms with Gasteiger partial charge in [-0.1, -0.05) is 18.2 Å². The number of rotatable bonds is 1. The Morgan fingerprint density at radius 2 is 1.71 bits per heavy atom. The molecule has 0 saturated carbocycles. The number of aryl methyl sites for hydroxylation is 3. The van der Waals surface area contributed by atoms with E-state index in [2.05, 4.69) is 19.1 Å². The summed E-state index contributed by atoms with van der Waals surface area (Å²) in [6.45, 7) is 3.88. The lowest BCUT2D eigenvalue weighted by atomic mass is 9.97. The second kappa shape index (κ2) is 4.33. The van der Waals surface area contributed by atoms with Crippen LogP contribution >= 0.6 is 0 Å². The SMILES string of the molecule is [2H]C([2H])([2H])c1c[n+](C)c(-c2ccccc2C)c(C)c1C. The zero-order chi connectivity index (χ0) is 15.1. The number of aromatic nitrogens is 1. The summed E-state index contributed by atoms with van der Waals surface area (Å²) < 4.78 is 24.9. The number of benzene rings is 1. The van der Waals surface area contributed by atoms with Gasteiger partial charge in [-0.3, -0.25) is 0 Å². The summed E-state index contributed by atoms with van der Waals surface area (Å²) >= 11 is 0. The quantitative estimate of drug-likeness (QED) is 0.660. The number of hydrogen-bond acceptors (Lipinski definition) is 0. The molecule has 0 unspecified atom stereocenters. The highest BCUT2D eigenvalue weighted by Gasteiger charge is 2.18. The molecule has 0 aliphatic heterocycles. The van der Waals surface area contributed by atoms with E-state index in [4.69, 9.17) is 4.11 Å². The molecule has 0 bridgehead atoms. The highest BCUT2D eigenvalue weighted by Crippen LogP contribution is 2.25. The van der Waals surface area contributed by atoms with Gasteiger partial charge in [-0.15, -0.1) is 0 Å². The fraction of sp³-hybridized carbons (Fsp3) is 0.312. The average Bonchev–Trinajstić information content (AvgIpc) is 2.35. The molecule has 1 heterocycles. The van der Waals surface area contributed by atoms with Gasteiger partial charge in [-0.25, -0.2) is 4.57 Å². The minimum atomic E-state index is -2.07. The van der Waals surface area contributed by atoms with E-state index in [-0.39, 0.29) is 0 Å². The van der Waals surface area contributed by atoms with E-state index in [0.717, 1.165) is 22.4 Å². The van der Waals surface area contributed by atoms with Crippen molar-refractivity contribution in [3.8, 4) is 11.3 Å². The predicted octanol–water partition coefficient (Wildman–Crippen LogP) is 3.41. The van der Waals surface area contributed by atoms with Gasteiger partial charge in [0.05, 0.1) is 0 Å². The Balaban J connectivity index is 2.76. The van der Waals surface area contributed by atoms with Crippen molar-refractivity contribution in [3.63, 3.8) is 0 Å². The molecule has 1 aromatic carbocycles. The molecular formula is C16H20N+. The first-order valence-corrected chi connectivity index (χ1v) is 5.80. The lowest BCUT2D eigenvalue weighted by molar-refractivity contribution is -0.661. The van der Waals surface area contributed by atoms with Crippen molar-refractivity contribution in [2.24, 2.45) is 7.05 Å². The minimum absolute atomic E-state index is 0.426. The Bertz CT molecular complexity index is 658. The van der Waals surface area contributed by atoms with Gasteiger partial charge in [0, 0.05) is 20.8 Å². The van der Waals surface area contributed by atoms with Gasteiger partial charge in [0.2, 0.25) is 5.69 Å². The summed E-state index contributed by atoms with van der Waals surface area (Å²) in [4.78, 5) is 0. The molecule has 1 nitrogen and oxygen atoms in total. The predicted molar refractivity (Wildman–Crippen MR) is 72.0 cm³/mol. The van der Waals surface area contributed by atoms with Gasteiger partial charge in [-0.2, -0.15) is 0 Å². The van der Waals surface area contributed by atoms with Crippen LogP contribution in [-0.2, 0) is 7.05 Å². The van der Waals surface area contributed by atoms with Crippen LogP contribution in [0.3, 0.4) is 0 Å². The third kappa shape index (κ3) is 1.97. The van der Waals surface area contributed by atoms with Crippen molar-refractivity contribution in [2.75, 3.05) is 0 Å². The molecule has 17 heavy (non-hydrogen) atoms. The molecule has 0 radical (unpaired) electrons. The Labute approximate surface area is 108 Å². The van der Waals surface area contributed by atoms with Crippen LogP contribution in [0.1, 0.15) is 26.4 Å². The smallest absolute Gasteiger partial charge is 0.201 e. The molecular weight excluding hydrogens is 206 g/mol. The monoisotopic (exact) mass is 229 g/mol. The minimum Gasteiger partial charge on any atom is -0.201 e. The zero-order valence-corrected chi connectivity index (χ0v) is 10.8. The summed E-state index contributed by atoms with van der Waals surface area (Å²) in [5, 5.41) is 0. The van der Waals surface area contributed by atoms with Crippen molar-refractivity contribution >= 4 is 0 Å². The molecule has 1 aromatic heterocycles. The third-order valence-electron chi connectivity index (χ3n) is 3.40. The van der Waals surface area contributed by atoms with E-state index < -0.39 is 6.85 Å². The molecule has 2 aromatic rings. The van der Waals surface area contributed by atoms with Gasteiger partial charge < -0.3 is 0 Å². The van der Waals surface area contributed by atoms with Crippen LogP contribution < -0.4 is 4.57 Å². The lowest BCUT2D eigenvalue weighted by Crippen LogP contribution is -2.33. The van der Waals surface area contributed by atoms with E-state index in [0.29, 0.717) is 5.56 Å². The maximum Gasteiger partial charge on any atom is 0.215 e. The second-order valence-electron chi connectivity index (χ2n) is 4.57. The van der Waals surface area contributed by atoms with Crippen molar-refractivity contribution in [2.45, 2.75) is 27.6 Å². The Kier molecular flexibility index (Phi) is 2.15. The van der Waals surface area contributed by atoms with Crippen molar-refractivity contribution in [3.05, 3.63) is 52.7 Å². The van der Waals surface area contributed by atoms with Crippen LogP contribution in [-0.4, -0.2) is 0 Å². The average molecular weight is 229 g/mol. The molecule has 0 aliphatic carbocycles. The highest BCUT2D eigenvalue weighted by atomic mass is 14.9. The van der Waals surface area contributed by atoms with E-state index in [1.54, 1.807) is 6.20 Å². The molecule has 1 heteroatoms. The van der Waals surface area contributed by atoms with Crippen LogP contribution in [0.15, 0.2) is 30.5 Å². The van der Waals surface area contributed by atoms with Crippen molar-refractivity contribution in [1.29, 1.82) is 0 Å². The summed E-state index contributed by atoms with van der Waals surface area (Å²) in [5.41, 5.74) is 5.71. The standard InChI is InChI=1S/C16H20N/c1-11-8-6-7-9-15(11)16-14(4)13(3)12(2)10-17(16)5/h6-10H,1-5H3/q+1/i2D3. The van der Waals surface area contributed by atoms with E-state index in [1.165, 1.54) is 5.56 Å². The fourth-order valence-corrected chi connectivity index (χ4v) is 2.23. The summed E-state index contributed by atoms with van der Waals surface area (Å²) in [6.07, 6.45) is 1.73. The molecule has 0 fully saturated rings. The summed E-state index contributed by atoms with van der Waals surface area (Å²) in [7, 11) is 1.91. The van der Waals surface area contributed by atoms with E-state index in [1.807, 2.05) is 37.6 Å². The van der Waals surface area contributed by atoms with Gasteiger partial charge in [0.1, 0.15) is 7.05 Å². The van der Waals surface area contributed by atoms with E-state index >= 15 is 0 Å². The fourth-order valence-electron chi connectivity index (χ4n) is 2.23. The molecule has 88 valence electrons. The van der Waals surface area contributed by atoms with Crippen LogP contribution in [0.2, 0.25) is 0 Å². The number of nitrogens with zero attached hydrogens (tertiary/aromatic N) is 1. The van der Waals surface area contributed by atoms with Gasteiger partial charge >= 0.3 is 0 Å². The Morgan fingerprint density at radius 1 is 1.00 bits per heavy atom. The number of pyridine rings is 1. The largest absolute Gasteiger partial charge is 0.215 e. The molecule has 0 N–H and O–H groups in total. The normalized spacial score (nSPS) is 14.0. The maximum absolute atomic E-state index is 7.64. The maximum atomic E-state index is 7.64. The molecule has 0 saturated heterocycles.